The van der Waals surface area contributed by atoms with E-state index in [0.717, 1.165) is 6.42 Å². The third-order valence-electron chi connectivity index (χ3n) is 4.60. The van der Waals surface area contributed by atoms with Crippen LogP contribution in [0.25, 0.3) is 0 Å². The molecule has 1 aromatic heterocycles. The fraction of sp³-hybridized carbons (Fsp3) is 0.533. The summed E-state index contributed by atoms with van der Waals surface area (Å²) in [6.45, 7) is 0.797. The number of anilines is 3. The van der Waals surface area contributed by atoms with Crippen LogP contribution in [0.3, 0.4) is 0 Å². The summed E-state index contributed by atoms with van der Waals surface area (Å²) < 4.78 is 0. The van der Waals surface area contributed by atoms with Crippen LogP contribution in [0.4, 0.5) is 17.3 Å². The maximum absolute atomic E-state index is 11.6. The van der Waals surface area contributed by atoms with Gasteiger partial charge in [-0.25, -0.2) is 9.78 Å². The molecule has 0 spiro atoms. The Labute approximate surface area is 138 Å². The number of hydrogen-bond donors (Lipinski definition) is 4. The highest BCUT2D eigenvalue weighted by atomic mass is 16.4. The summed E-state index contributed by atoms with van der Waals surface area (Å²) in [5, 5.41) is 19.1. The number of carbonyl (C=O) groups excluding carboxylic acids is 1. The van der Waals surface area contributed by atoms with E-state index in [1.807, 2.05) is 0 Å². The van der Waals surface area contributed by atoms with Crippen molar-refractivity contribution in [3.63, 3.8) is 0 Å². The number of carbonyl (C=O) groups is 2. The zero-order valence-electron chi connectivity index (χ0n) is 13.1. The molecule has 0 saturated carbocycles. The standard InChI is InChI=1S/C15H21N5O4/c16-9-3-4-12(20-7-8(21)6-11(20)15(23)24)18-14(9)19-5-1-2-10(19)13(17)22/h3-4,8,10-11,21H,1-2,5-7,16H2,(H2,17,22)(H,23,24). The second kappa shape index (κ2) is 6.16. The molecule has 1 amide bonds. The van der Waals surface area contributed by atoms with Crippen LogP contribution < -0.4 is 21.3 Å². The third-order valence-corrected chi connectivity index (χ3v) is 4.60. The molecule has 130 valence electrons. The number of carboxylic acid groups (broad SMARTS) is 1. The van der Waals surface area contributed by atoms with E-state index in [1.54, 1.807) is 21.9 Å². The summed E-state index contributed by atoms with van der Waals surface area (Å²) in [4.78, 5) is 30.8. The minimum atomic E-state index is -1.01. The number of nitrogen functional groups attached to an aromatic ring is 1. The molecule has 1 aromatic rings. The van der Waals surface area contributed by atoms with Gasteiger partial charge in [0, 0.05) is 19.5 Å². The first-order valence-corrected chi connectivity index (χ1v) is 7.88. The van der Waals surface area contributed by atoms with Gasteiger partial charge in [-0.05, 0) is 25.0 Å². The minimum absolute atomic E-state index is 0.143. The van der Waals surface area contributed by atoms with Gasteiger partial charge in [0.1, 0.15) is 17.9 Å². The quantitative estimate of drug-likeness (QED) is 0.556. The summed E-state index contributed by atoms with van der Waals surface area (Å²) in [5.41, 5.74) is 11.9. The first-order valence-electron chi connectivity index (χ1n) is 7.88. The molecule has 2 fully saturated rings. The predicted octanol–water partition coefficient (Wildman–Crippen LogP) is -0.858. The van der Waals surface area contributed by atoms with Crippen molar-refractivity contribution in [1.29, 1.82) is 0 Å². The number of pyridine rings is 1. The Kier molecular flexibility index (Phi) is 4.18. The average molecular weight is 335 g/mol. The van der Waals surface area contributed by atoms with E-state index in [-0.39, 0.29) is 13.0 Å². The van der Waals surface area contributed by atoms with Gasteiger partial charge in [-0.15, -0.1) is 0 Å². The van der Waals surface area contributed by atoms with E-state index >= 15 is 0 Å². The summed E-state index contributed by atoms with van der Waals surface area (Å²) in [7, 11) is 0. The van der Waals surface area contributed by atoms with Crippen molar-refractivity contribution in [1.82, 2.24) is 4.98 Å². The topological polar surface area (TPSA) is 146 Å². The van der Waals surface area contributed by atoms with Crippen LogP contribution in [-0.4, -0.2) is 58.4 Å². The van der Waals surface area contributed by atoms with Crippen LogP contribution in [0.15, 0.2) is 12.1 Å². The summed E-state index contributed by atoms with van der Waals surface area (Å²) in [5.74, 6) is -0.598. The van der Waals surface area contributed by atoms with Crippen molar-refractivity contribution in [3.05, 3.63) is 12.1 Å². The van der Waals surface area contributed by atoms with Gasteiger partial charge in [0.2, 0.25) is 5.91 Å². The number of nitrogens with two attached hydrogens (primary N) is 2. The zero-order valence-corrected chi connectivity index (χ0v) is 13.1. The lowest BCUT2D eigenvalue weighted by Crippen LogP contribution is -2.41. The molecule has 3 unspecified atom stereocenters. The lowest BCUT2D eigenvalue weighted by Gasteiger charge is -2.28. The maximum Gasteiger partial charge on any atom is 0.326 e. The number of primary amides is 1. The lowest BCUT2D eigenvalue weighted by atomic mass is 10.2. The van der Waals surface area contributed by atoms with Gasteiger partial charge < -0.3 is 31.5 Å². The highest BCUT2D eigenvalue weighted by molar-refractivity contribution is 5.85. The average Bonchev–Trinajstić information content (AvgIpc) is 3.14. The Morgan fingerprint density at radius 1 is 1.25 bits per heavy atom. The number of aromatic nitrogens is 1. The highest BCUT2D eigenvalue weighted by Crippen LogP contribution is 2.33. The smallest absolute Gasteiger partial charge is 0.326 e. The second-order valence-corrected chi connectivity index (χ2v) is 6.23. The van der Waals surface area contributed by atoms with Crippen molar-refractivity contribution in [2.45, 2.75) is 37.5 Å². The second-order valence-electron chi connectivity index (χ2n) is 6.23. The SMILES string of the molecule is NC(=O)C1CCCN1c1nc(N2CC(O)CC2C(=O)O)ccc1N. The van der Waals surface area contributed by atoms with Gasteiger partial charge in [-0.2, -0.15) is 0 Å². The van der Waals surface area contributed by atoms with E-state index < -0.39 is 30.1 Å². The Morgan fingerprint density at radius 2 is 2.00 bits per heavy atom. The van der Waals surface area contributed by atoms with E-state index in [4.69, 9.17) is 11.5 Å². The Bertz CT molecular complexity index is 667. The first kappa shape index (κ1) is 16.3. The van der Waals surface area contributed by atoms with Crippen LogP contribution in [0.1, 0.15) is 19.3 Å². The largest absolute Gasteiger partial charge is 0.480 e. The van der Waals surface area contributed by atoms with Crippen LogP contribution >= 0.6 is 0 Å². The number of hydrogen-bond acceptors (Lipinski definition) is 7. The molecule has 3 atom stereocenters. The first-order chi connectivity index (χ1) is 11.4. The molecule has 2 saturated heterocycles. The number of carboxylic acids is 1. The van der Waals surface area contributed by atoms with Crippen molar-refractivity contribution >= 4 is 29.2 Å². The molecule has 24 heavy (non-hydrogen) atoms. The molecule has 2 aliphatic heterocycles. The van der Waals surface area contributed by atoms with Gasteiger partial charge in [-0.1, -0.05) is 0 Å². The van der Waals surface area contributed by atoms with Crippen molar-refractivity contribution in [3.8, 4) is 0 Å². The number of β-amino-alcohol motifs (C(OH)–C–C–N with tert-alkyl or cyclic N) is 1. The van der Waals surface area contributed by atoms with E-state index in [1.165, 1.54) is 0 Å². The number of aliphatic hydroxyl groups excluding tert-OH is 1. The van der Waals surface area contributed by atoms with Crippen LogP contribution in [0, 0.1) is 0 Å². The van der Waals surface area contributed by atoms with Crippen LogP contribution in [0.2, 0.25) is 0 Å². The zero-order chi connectivity index (χ0) is 17.4. The molecule has 3 heterocycles. The van der Waals surface area contributed by atoms with Crippen LogP contribution in [0.5, 0.6) is 0 Å². The number of nitrogens with zero attached hydrogens (tertiary/aromatic N) is 3. The molecular weight excluding hydrogens is 314 g/mol. The predicted molar refractivity (Wildman–Crippen MR) is 87.6 cm³/mol. The van der Waals surface area contributed by atoms with Gasteiger partial charge >= 0.3 is 5.97 Å². The number of amides is 1. The molecule has 9 nitrogen and oxygen atoms in total. The normalized spacial score (nSPS) is 26.8. The number of rotatable bonds is 4. The Balaban J connectivity index is 1.94. The van der Waals surface area contributed by atoms with Crippen molar-refractivity contribution in [2.75, 3.05) is 28.6 Å². The molecule has 2 aliphatic rings. The molecule has 9 heteroatoms. The van der Waals surface area contributed by atoms with Crippen LogP contribution in [-0.2, 0) is 9.59 Å². The molecule has 0 aliphatic carbocycles. The van der Waals surface area contributed by atoms with Gasteiger partial charge in [0.25, 0.3) is 0 Å². The number of aliphatic hydroxyl groups is 1. The Morgan fingerprint density at radius 3 is 2.67 bits per heavy atom. The van der Waals surface area contributed by atoms with E-state index in [9.17, 15) is 19.8 Å². The van der Waals surface area contributed by atoms with Gasteiger partial charge in [0.15, 0.2) is 5.82 Å². The molecule has 0 aromatic carbocycles. The van der Waals surface area contributed by atoms with Crippen molar-refractivity contribution in [2.24, 2.45) is 5.73 Å². The summed E-state index contributed by atoms with van der Waals surface area (Å²) in [6.07, 6.45) is 0.865. The fourth-order valence-corrected chi connectivity index (χ4v) is 3.46. The maximum atomic E-state index is 11.6. The Hall–Kier alpha value is -2.55. The molecule has 3 rings (SSSR count). The fourth-order valence-electron chi connectivity index (χ4n) is 3.46. The number of aliphatic carboxylic acids is 1. The third kappa shape index (κ3) is 2.82. The lowest BCUT2D eigenvalue weighted by molar-refractivity contribution is -0.138. The molecule has 6 N–H and O–H groups in total. The van der Waals surface area contributed by atoms with E-state index in [2.05, 4.69) is 4.98 Å². The molecular formula is C15H21N5O4. The van der Waals surface area contributed by atoms with Gasteiger partial charge in [-0.3, -0.25) is 4.79 Å². The van der Waals surface area contributed by atoms with Gasteiger partial charge in [0.05, 0.1) is 11.8 Å². The highest BCUT2D eigenvalue weighted by Gasteiger charge is 2.38. The molecule has 0 radical (unpaired) electrons. The molecule has 0 bridgehead atoms. The monoisotopic (exact) mass is 335 g/mol. The minimum Gasteiger partial charge on any atom is -0.480 e. The van der Waals surface area contributed by atoms with Crippen molar-refractivity contribution < 1.29 is 19.8 Å². The summed E-state index contributed by atoms with van der Waals surface area (Å²) >= 11 is 0. The summed E-state index contributed by atoms with van der Waals surface area (Å²) in [6, 6.07) is 1.96. The van der Waals surface area contributed by atoms with E-state index in [0.29, 0.717) is 30.3 Å².